The molecular weight excluding hydrogens is 376 g/mol. The molecule has 1 N–H and O–H groups in total. The summed E-state index contributed by atoms with van der Waals surface area (Å²) in [5.41, 5.74) is 4.46. The number of ketones is 1. The topological polar surface area (TPSA) is 60.5 Å². The van der Waals surface area contributed by atoms with Crippen LogP contribution >= 0.6 is 0 Å². The van der Waals surface area contributed by atoms with Gasteiger partial charge in [0.05, 0.1) is 23.7 Å². The zero-order chi connectivity index (χ0) is 20.7. The Balaban J connectivity index is 1.64. The molecule has 152 valence electrons. The summed E-state index contributed by atoms with van der Waals surface area (Å²) in [5, 5.41) is 4.57. The second-order valence-corrected chi connectivity index (χ2v) is 7.85. The monoisotopic (exact) mass is 400 g/mol. The molecule has 0 saturated heterocycles. The molecule has 0 aliphatic carbocycles. The third-order valence-electron chi connectivity index (χ3n) is 5.62. The lowest BCUT2D eigenvalue weighted by molar-refractivity contribution is -0.118. The second kappa shape index (κ2) is 7.48. The summed E-state index contributed by atoms with van der Waals surface area (Å²) in [6.45, 7) is 4.72. The molecule has 0 fully saturated rings. The first-order chi connectivity index (χ1) is 14.7. The maximum Gasteiger partial charge on any atom is 0.168 e. The van der Waals surface area contributed by atoms with Crippen molar-refractivity contribution < 1.29 is 14.3 Å². The summed E-state index contributed by atoms with van der Waals surface area (Å²) in [6.07, 6.45) is 2.97. The van der Waals surface area contributed by atoms with E-state index in [0.717, 1.165) is 39.9 Å². The molecule has 2 atom stereocenters. The van der Waals surface area contributed by atoms with E-state index in [1.807, 2.05) is 55.5 Å². The number of nitrogens with zero attached hydrogens (tertiary/aromatic N) is 1. The zero-order valence-electron chi connectivity index (χ0n) is 17.1. The SMILES string of the molecule is CCCOc1ccc(C2Nc3ccc4ncccc4c3C3=C2C(=O)CC(C)O3)cc1. The van der Waals surface area contributed by atoms with Gasteiger partial charge in [0.1, 0.15) is 17.6 Å². The molecule has 0 amide bonds. The van der Waals surface area contributed by atoms with Crippen molar-refractivity contribution in [2.24, 2.45) is 0 Å². The van der Waals surface area contributed by atoms with Crippen LogP contribution in [0.1, 0.15) is 43.9 Å². The lowest BCUT2D eigenvalue weighted by Crippen LogP contribution is -2.32. The average molecular weight is 400 g/mol. The van der Waals surface area contributed by atoms with E-state index < -0.39 is 0 Å². The molecule has 0 saturated carbocycles. The number of ether oxygens (including phenoxy) is 2. The number of nitrogens with one attached hydrogen (secondary N) is 1. The van der Waals surface area contributed by atoms with Gasteiger partial charge >= 0.3 is 0 Å². The Hall–Kier alpha value is -3.34. The lowest BCUT2D eigenvalue weighted by atomic mass is 9.84. The van der Waals surface area contributed by atoms with E-state index in [1.54, 1.807) is 6.20 Å². The molecule has 5 nitrogen and oxygen atoms in total. The predicted octanol–water partition coefficient (Wildman–Crippen LogP) is 5.28. The third-order valence-corrected chi connectivity index (χ3v) is 5.62. The zero-order valence-corrected chi connectivity index (χ0v) is 17.1. The molecule has 3 aromatic rings. The molecule has 0 radical (unpaired) electrons. The summed E-state index contributed by atoms with van der Waals surface area (Å²) < 4.78 is 12.0. The molecule has 2 unspecified atom stereocenters. The van der Waals surface area contributed by atoms with Gasteiger partial charge in [0.15, 0.2) is 5.78 Å². The molecule has 2 aliphatic rings. The van der Waals surface area contributed by atoms with E-state index >= 15 is 0 Å². The number of hydrogen-bond acceptors (Lipinski definition) is 5. The van der Waals surface area contributed by atoms with E-state index in [9.17, 15) is 4.79 Å². The fourth-order valence-electron chi connectivity index (χ4n) is 4.26. The highest BCUT2D eigenvalue weighted by Crippen LogP contribution is 2.46. The highest BCUT2D eigenvalue weighted by atomic mass is 16.5. The number of pyridine rings is 1. The maximum absolute atomic E-state index is 13.2. The van der Waals surface area contributed by atoms with Gasteiger partial charge in [-0.05, 0) is 49.2 Å². The van der Waals surface area contributed by atoms with Crippen LogP contribution in [-0.4, -0.2) is 23.5 Å². The van der Waals surface area contributed by atoms with E-state index in [-0.39, 0.29) is 17.9 Å². The highest BCUT2D eigenvalue weighted by Gasteiger charge is 2.38. The maximum atomic E-state index is 13.2. The number of carbonyl (C=O) groups excluding carboxylic acids is 1. The summed E-state index contributed by atoms with van der Waals surface area (Å²) in [4.78, 5) is 17.6. The van der Waals surface area contributed by atoms with E-state index in [1.165, 1.54) is 0 Å². The minimum atomic E-state index is -0.262. The molecule has 0 bridgehead atoms. The van der Waals surface area contributed by atoms with Gasteiger partial charge in [-0.3, -0.25) is 9.78 Å². The third kappa shape index (κ3) is 3.11. The molecular formula is C25H24N2O3. The van der Waals surface area contributed by atoms with Crippen molar-refractivity contribution in [1.82, 2.24) is 4.98 Å². The number of fused-ring (bicyclic) bond motifs is 4. The molecule has 2 aromatic carbocycles. The minimum absolute atomic E-state index is 0.124. The van der Waals surface area contributed by atoms with Crippen LogP contribution in [-0.2, 0) is 9.53 Å². The van der Waals surface area contributed by atoms with Crippen molar-refractivity contribution in [2.45, 2.75) is 38.8 Å². The Morgan fingerprint density at radius 2 is 2.00 bits per heavy atom. The Morgan fingerprint density at radius 3 is 2.80 bits per heavy atom. The molecule has 5 heteroatoms. The van der Waals surface area contributed by atoms with Crippen molar-refractivity contribution in [1.29, 1.82) is 0 Å². The molecule has 3 heterocycles. The van der Waals surface area contributed by atoms with Gasteiger partial charge in [-0.2, -0.15) is 0 Å². The first-order valence-corrected chi connectivity index (χ1v) is 10.5. The predicted molar refractivity (Wildman–Crippen MR) is 117 cm³/mol. The smallest absolute Gasteiger partial charge is 0.168 e. The number of Topliss-reactive ketones (excluding diaryl/α,β-unsaturated/α-hetero) is 1. The summed E-state index contributed by atoms with van der Waals surface area (Å²) >= 11 is 0. The van der Waals surface area contributed by atoms with E-state index in [2.05, 4.69) is 17.2 Å². The summed E-state index contributed by atoms with van der Waals surface area (Å²) in [5.74, 6) is 1.64. The van der Waals surface area contributed by atoms with E-state index in [4.69, 9.17) is 9.47 Å². The van der Waals surface area contributed by atoms with Crippen LogP contribution < -0.4 is 10.1 Å². The molecule has 30 heavy (non-hydrogen) atoms. The number of anilines is 1. The lowest BCUT2D eigenvalue weighted by Gasteiger charge is -2.36. The normalized spacial score (nSPS) is 20.3. The fraction of sp³-hybridized carbons (Fsp3) is 0.280. The number of carbonyl (C=O) groups is 1. The molecule has 2 aliphatic heterocycles. The molecule has 1 aromatic heterocycles. The van der Waals surface area contributed by atoms with Crippen LogP contribution in [0.3, 0.4) is 0 Å². The van der Waals surface area contributed by atoms with Gasteiger partial charge < -0.3 is 14.8 Å². The fourth-order valence-corrected chi connectivity index (χ4v) is 4.26. The largest absolute Gasteiger partial charge is 0.494 e. The summed E-state index contributed by atoms with van der Waals surface area (Å²) in [6, 6.07) is 15.7. The average Bonchev–Trinajstić information content (AvgIpc) is 2.77. The summed E-state index contributed by atoms with van der Waals surface area (Å²) in [7, 11) is 0. The van der Waals surface area contributed by atoms with Crippen molar-refractivity contribution in [2.75, 3.05) is 11.9 Å². The molecule has 0 spiro atoms. The first-order valence-electron chi connectivity index (χ1n) is 10.5. The van der Waals surface area contributed by atoms with Crippen LogP contribution in [0.4, 0.5) is 5.69 Å². The Bertz CT molecular complexity index is 1150. The van der Waals surface area contributed by atoms with E-state index in [0.29, 0.717) is 24.4 Å². The van der Waals surface area contributed by atoms with Crippen molar-refractivity contribution in [3.63, 3.8) is 0 Å². The Kier molecular flexibility index (Phi) is 4.66. The second-order valence-electron chi connectivity index (χ2n) is 7.85. The number of aromatic nitrogens is 1. The minimum Gasteiger partial charge on any atom is -0.494 e. The van der Waals surface area contributed by atoms with Gasteiger partial charge in [-0.15, -0.1) is 0 Å². The van der Waals surface area contributed by atoms with Gasteiger partial charge in [0, 0.05) is 29.3 Å². The first kappa shape index (κ1) is 18.7. The Morgan fingerprint density at radius 1 is 1.17 bits per heavy atom. The number of rotatable bonds is 4. The van der Waals surface area contributed by atoms with Crippen LogP contribution in [0.15, 0.2) is 60.3 Å². The van der Waals surface area contributed by atoms with Crippen molar-refractivity contribution >= 4 is 28.1 Å². The van der Waals surface area contributed by atoms with Gasteiger partial charge in [-0.25, -0.2) is 0 Å². The van der Waals surface area contributed by atoms with Crippen LogP contribution in [0.5, 0.6) is 5.75 Å². The van der Waals surface area contributed by atoms with Gasteiger partial charge in [0.2, 0.25) is 0 Å². The van der Waals surface area contributed by atoms with Gasteiger partial charge in [-0.1, -0.05) is 25.1 Å². The quantitative estimate of drug-likeness (QED) is 0.646. The standard InChI is InChI=1S/C25H24N2O3/c1-3-13-29-17-8-6-16(7-9-17)24-23-21(28)14-15(2)30-25(23)22-18-5-4-12-26-19(18)10-11-20(22)27-24/h4-12,15,24,27H,3,13-14H2,1-2H3. The van der Waals surface area contributed by atoms with Gasteiger partial charge in [0.25, 0.3) is 0 Å². The Labute approximate surface area is 175 Å². The number of benzene rings is 2. The van der Waals surface area contributed by atoms with Crippen LogP contribution in [0, 0.1) is 0 Å². The van der Waals surface area contributed by atoms with Crippen molar-refractivity contribution in [3.8, 4) is 5.75 Å². The highest BCUT2D eigenvalue weighted by molar-refractivity contribution is 6.10. The van der Waals surface area contributed by atoms with Crippen molar-refractivity contribution in [3.05, 3.63) is 71.4 Å². The molecule has 5 rings (SSSR count). The van der Waals surface area contributed by atoms with Crippen LogP contribution in [0.25, 0.3) is 16.7 Å². The number of hydrogen-bond donors (Lipinski definition) is 1. The van der Waals surface area contributed by atoms with Crippen LogP contribution in [0.2, 0.25) is 0 Å².